The van der Waals surface area contributed by atoms with Crippen molar-refractivity contribution >= 4 is 0 Å². The molecule has 0 saturated heterocycles. The summed E-state index contributed by atoms with van der Waals surface area (Å²) < 4.78 is 0. The molecule has 5 saturated carbocycles. The van der Waals surface area contributed by atoms with Gasteiger partial charge in [-0.2, -0.15) is 0 Å². The lowest BCUT2D eigenvalue weighted by Gasteiger charge is -2.00. The van der Waals surface area contributed by atoms with Gasteiger partial charge in [0.1, 0.15) is 0 Å². The van der Waals surface area contributed by atoms with Gasteiger partial charge < -0.3 is 10.2 Å². The molecule has 0 aromatic heterocycles. The van der Waals surface area contributed by atoms with E-state index in [1.54, 1.807) is 0 Å². The first-order valence-corrected chi connectivity index (χ1v) is 8.53. The molecule has 0 radical (unpaired) electrons. The van der Waals surface area contributed by atoms with Crippen LogP contribution in [-0.2, 0) is 0 Å². The summed E-state index contributed by atoms with van der Waals surface area (Å²) in [5.41, 5.74) is 0. The summed E-state index contributed by atoms with van der Waals surface area (Å²) >= 11 is 0. The van der Waals surface area contributed by atoms with Crippen molar-refractivity contribution < 1.29 is 10.2 Å². The first-order valence-electron chi connectivity index (χ1n) is 8.53. The highest BCUT2D eigenvalue weighted by molar-refractivity contribution is 5.14. The van der Waals surface area contributed by atoms with E-state index in [9.17, 15) is 10.2 Å². The Kier molecular flexibility index (Phi) is 2.29. The fourth-order valence-corrected chi connectivity index (χ4v) is 5.67. The van der Waals surface area contributed by atoms with Crippen LogP contribution in [0.3, 0.4) is 0 Å². The van der Waals surface area contributed by atoms with Gasteiger partial charge >= 0.3 is 0 Å². The molecule has 0 spiro atoms. The van der Waals surface area contributed by atoms with Crippen LogP contribution < -0.4 is 0 Å². The fourth-order valence-electron chi connectivity index (χ4n) is 5.67. The Balaban J connectivity index is 1.10. The van der Waals surface area contributed by atoms with Gasteiger partial charge in [-0.3, -0.25) is 0 Å². The fraction of sp³-hybridized carbons (Fsp3) is 1.00. The summed E-state index contributed by atoms with van der Waals surface area (Å²) in [5, 5.41) is 18.3. The number of hydrogen-bond acceptors (Lipinski definition) is 2. The second-order valence-electron chi connectivity index (χ2n) is 8.37. The summed E-state index contributed by atoms with van der Waals surface area (Å²) in [5.74, 6) is 9.46. The van der Waals surface area contributed by atoms with E-state index in [1.807, 2.05) is 0 Å². The standard InChI is InChI=1S/C17H26O2/c18-6-8-1-10(8)12-3-14(12)16-5-17(16)15-4-13(15)11-2-9(11)7-19/h8-19H,1-7H2/t8-,9-,10+,11+,12-,13-,14+,15+,16-,17-/m1/s1. The Morgan fingerprint density at radius 3 is 1.05 bits per heavy atom. The summed E-state index contributed by atoms with van der Waals surface area (Å²) in [7, 11) is 0. The molecule has 0 bridgehead atoms. The van der Waals surface area contributed by atoms with Gasteiger partial charge in [-0.25, -0.2) is 0 Å². The van der Waals surface area contributed by atoms with Crippen LogP contribution >= 0.6 is 0 Å². The minimum atomic E-state index is 0.441. The minimum Gasteiger partial charge on any atom is -0.396 e. The van der Waals surface area contributed by atoms with Crippen LogP contribution in [0, 0.1) is 59.2 Å². The Hall–Kier alpha value is -0.0800. The Labute approximate surface area is 115 Å². The average Bonchev–Trinajstić information content (AvgIpc) is 3.30. The summed E-state index contributed by atoms with van der Waals surface area (Å²) in [4.78, 5) is 0. The van der Waals surface area contributed by atoms with Crippen LogP contribution in [0.2, 0.25) is 0 Å². The first-order chi connectivity index (χ1) is 9.31. The second kappa shape index (κ2) is 3.76. The SMILES string of the molecule is OC[C@H]1C[C@@H]1[C@H]1C[C@@H]1[C@H]1C[C@@H]1[C@H]1C[C@@H]1[C@H]1C[C@@H]1CO. The van der Waals surface area contributed by atoms with E-state index < -0.39 is 0 Å². The predicted octanol–water partition coefficient (Wildman–Crippen LogP) is 2.15. The third-order valence-corrected chi connectivity index (χ3v) is 7.30. The molecule has 5 aliphatic carbocycles. The van der Waals surface area contributed by atoms with Crippen molar-refractivity contribution in [3.05, 3.63) is 0 Å². The van der Waals surface area contributed by atoms with Crippen LogP contribution in [0.25, 0.3) is 0 Å². The molecule has 5 rings (SSSR count). The van der Waals surface area contributed by atoms with E-state index in [0.29, 0.717) is 25.0 Å². The van der Waals surface area contributed by atoms with Crippen LogP contribution in [0.1, 0.15) is 32.1 Å². The van der Waals surface area contributed by atoms with Crippen LogP contribution in [0.5, 0.6) is 0 Å². The quantitative estimate of drug-likeness (QED) is 0.770. The maximum absolute atomic E-state index is 9.17. The molecule has 0 aliphatic heterocycles. The molecule has 19 heavy (non-hydrogen) atoms. The summed E-state index contributed by atoms with van der Waals surface area (Å²) in [6.45, 7) is 0.883. The van der Waals surface area contributed by atoms with Gasteiger partial charge in [-0.15, -0.1) is 0 Å². The molecule has 0 aromatic rings. The predicted molar refractivity (Wildman–Crippen MR) is 72.2 cm³/mol. The molecule has 5 aliphatic rings. The highest BCUT2D eigenvalue weighted by atomic mass is 16.3. The molecular formula is C17H26O2. The molecule has 5 fully saturated rings. The molecule has 10 atom stereocenters. The van der Waals surface area contributed by atoms with E-state index in [0.717, 1.165) is 47.3 Å². The number of rotatable bonds is 6. The van der Waals surface area contributed by atoms with Gasteiger partial charge in [-0.1, -0.05) is 0 Å². The molecule has 0 amide bonds. The van der Waals surface area contributed by atoms with Gasteiger partial charge in [0.25, 0.3) is 0 Å². The Morgan fingerprint density at radius 2 is 0.789 bits per heavy atom. The van der Waals surface area contributed by atoms with Crippen molar-refractivity contribution in [2.45, 2.75) is 32.1 Å². The molecule has 2 nitrogen and oxygen atoms in total. The monoisotopic (exact) mass is 262 g/mol. The van der Waals surface area contributed by atoms with Gasteiger partial charge in [0.05, 0.1) is 0 Å². The van der Waals surface area contributed by atoms with Gasteiger partial charge in [0, 0.05) is 13.2 Å². The molecule has 0 unspecified atom stereocenters. The van der Waals surface area contributed by atoms with E-state index in [2.05, 4.69) is 0 Å². The van der Waals surface area contributed by atoms with Crippen LogP contribution in [0.4, 0.5) is 0 Å². The first kappa shape index (κ1) is 11.6. The maximum atomic E-state index is 9.17. The second-order valence-corrected chi connectivity index (χ2v) is 8.37. The van der Waals surface area contributed by atoms with Crippen molar-refractivity contribution in [2.24, 2.45) is 59.2 Å². The van der Waals surface area contributed by atoms with Gasteiger partial charge in [0.2, 0.25) is 0 Å². The molecule has 2 heteroatoms. The van der Waals surface area contributed by atoms with E-state index in [1.165, 1.54) is 32.1 Å². The third-order valence-electron chi connectivity index (χ3n) is 7.30. The third kappa shape index (κ3) is 1.82. The van der Waals surface area contributed by atoms with Crippen molar-refractivity contribution in [1.29, 1.82) is 0 Å². The maximum Gasteiger partial charge on any atom is 0.0462 e. The Bertz CT molecular complexity index is 359. The highest BCUT2D eigenvalue weighted by Crippen LogP contribution is 2.72. The minimum absolute atomic E-state index is 0.441. The molecule has 0 aromatic carbocycles. The normalized spacial score (nSPS) is 64.7. The van der Waals surface area contributed by atoms with Crippen molar-refractivity contribution in [3.63, 3.8) is 0 Å². The van der Waals surface area contributed by atoms with E-state index >= 15 is 0 Å². The summed E-state index contributed by atoms with van der Waals surface area (Å²) in [6.07, 6.45) is 7.14. The van der Waals surface area contributed by atoms with Gasteiger partial charge in [-0.05, 0) is 91.3 Å². The van der Waals surface area contributed by atoms with E-state index in [4.69, 9.17) is 0 Å². The number of aliphatic hydroxyl groups excluding tert-OH is 2. The number of aliphatic hydroxyl groups is 2. The van der Waals surface area contributed by atoms with Gasteiger partial charge in [0.15, 0.2) is 0 Å². The van der Waals surface area contributed by atoms with Crippen LogP contribution in [-0.4, -0.2) is 23.4 Å². The van der Waals surface area contributed by atoms with Crippen molar-refractivity contribution in [1.82, 2.24) is 0 Å². The lowest BCUT2D eigenvalue weighted by molar-refractivity contribution is 0.263. The largest absolute Gasteiger partial charge is 0.396 e. The van der Waals surface area contributed by atoms with Crippen molar-refractivity contribution in [2.75, 3.05) is 13.2 Å². The average molecular weight is 262 g/mol. The smallest absolute Gasteiger partial charge is 0.0462 e. The molecule has 2 N–H and O–H groups in total. The highest BCUT2D eigenvalue weighted by Gasteiger charge is 2.65. The van der Waals surface area contributed by atoms with Crippen molar-refractivity contribution in [3.8, 4) is 0 Å². The zero-order chi connectivity index (χ0) is 12.7. The zero-order valence-electron chi connectivity index (χ0n) is 11.6. The number of hydrogen-bond donors (Lipinski definition) is 2. The molecule has 106 valence electrons. The molecular weight excluding hydrogens is 236 g/mol. The topological polar surface area (TPSA) is 40.5 Å². The zero-order valence-corrected chi connectivity index (χ0v) is 11.6. The van der Waals surface area contributed by atoms with E-state index in [-0.39, 0.29) is 0 Å². The molecule has 0 heterocycles. The lowest BCUT2D eigenvalue weighted by atomic mass is 10.1. The lowest BCUT2D eigenvalue weighted by Crippen LogP contribution is -1.98. The summed E-state index contributed by atoms with van der Waals surface area (Å²) in [6, 6.07) is 0. The Morgan fingerprint density at radius 1 is 0.474 bits per heavy atom. The van der Waals surface area contributed by atoms with Crippen LogP contribution in [0.15, 0.2) is 0 Å².